The highest BCUT2D eigenvalue weighted by atomic mass is 35.5. The summed E-state index contributed by atoms with van der Waals surface area (Å²) in [6.07, 6.45) is 3.55. The predicted octanol–water partition coefficient (Wildman–Crippen LogP) is 3.54. The second kappa shape index (κ2) is 6.09. The van der Waals surface area contributed by atoms with Crippen LogP contribution in [-0.2, 0) is 13.1 Å². The Morgan fingerprint density at radius 1 is 1.19 bits per heavy atom. The van der Waals surface area contributed by atoms with Gasteiger partial charge >= 0.3 is 6.01 Å². The first-order chi connectivity index (χ1) is 13.1. The number of imidazole rings is 1. The number of nitrogens with zero attached hydrogens (tertiary/aromatic N) is 7. The summed E-state index contributed by atoms with van der Waals surface area (Å²) >= 11 is 6.13. The van der Waals surface area contributed by atoms with E-state index >= 15 is 0 Å². The third-order valence-electron chi connectivity index (χ3n) is 4.85. The van der Waals surface area contributed by atoms with Crippen molar-refractivity contribution in [1.82, 2.24) is 29.5 Å². The Balaban J connectivity index is 1.45. The number of halogens is 1. The Morgan fingerprint density at radius 2 is 2.07 bits per heavy atom. The molecule has 0 radical (unpaired) electrons. The fourth-order valence-corrected chi connectivity index (χ4v) is 3.67. The monoisotopic (exact) mass is 383 g/mol. The van der Waals surface area contributed by atoms with E-state index in [1.54, 1.807) is 6.20 Å². The highest BCUT2D eigenvalue weighted by Gasteiger charge is 2.23. The van der Waals surface area contributed by atoms with Crippen LogP contribution in [0.3, 0.4) is 0 Å². The van der Waals surface area contributed by atoms with Crippen LogP contribution in [0.25, 0.3) is 22.3 Å². The number of aromatic nitrogens is 6. The average Bonchev–Trinajstić information content (AvgIpc) is 3.39. The van der Waals surface area contributed by atoms with Crippen molar-refractivity contribution in [3.8, 4) is 11.4 Å². The number of hydrogen-bond donors (Lipinski definition) is 0. The first-order valence-corrected chi connectivity index (χ1v) is 9.24. The number of rotatable bonds is 3. The molecule has 138 valence electrons. The lowest BCUT2D eigenvalue weighted by atomic mass is 10.1. The standard InChI is InChI=1S/C18H18ClN7O/c1-11(2)26-14-7-12(3-4-13(14)8-21-26)17-22-18(27-23-17)24-5-6-25-15(19)9-20-16(25)10-24/h3-4,7-9,11H,5-6,10H2,1-2H3. The topological polar surface area (TPSA) is 77.8 Å². The second-order valence-corrected chi connectivity index (χ2v) is 7.31. The zero-order valence-corrected chi connectivity index (χ0v) is 15.8. The van der Waals surface area contributed by atoms with Crippen molar-refractivity contribution in [2.45, 2.75) is 33.0 Å². The van der Waals surface area contributed by atoms with Gasteiger partial charge in [-0.15, -0.1) is 0 Å². The van der Waals surface area contributed by atoms with Gasteiger partial charge in [0.05, 0.1) is 24.5 Å². The van der Waals surface area contributed by atoms with Gasteiger partial charge in [0.1, 0.15) is 11.0 Å². The molecule has 0 unspecified atom stereocenters. The van der Waals surface area contributed by atoms with Crippen molar-refractivity contribution >= 4 is 28.5 Å². The predicted molar refractivity (Wildman–Crippen MR) is 102 cm³/mol. The first-order valence-electron chi connectivity index (χ1n) is 8.86. The molecule has 0 spiro atoms. The maximum atomic E-state index is 6.13. The Bertz CT molecular complexity index is 1130. The molecule has 1 aromatic carbocycles. The minimum absolute atomic E-state index is 0.280. The quantitative estimate of drug-likeness (QED) is 0.538. The molecule has 8 nitrogen and oxygen atoms in total. The minimum Gasteiger partial charge on any atom is -0.316 e. The Hall–Kier alpha value is -2.87. The van der Waals surface area contributed by atoms with E-state index in [4.69, 9.17) is 16.1 Å². The van der Waals surface area contributed by atoms with Gasteiger partial charge in [0.25, 0.3) is 0 Å². The van der Waals surface area contributed by atoms with Crippen molar-refractivity contribution in [2.75, 3.05) is 11.4 Å². The number of benzene rings is 1. The van der Waals surface area contributed by atoms with Crippen LogP contribution >= 0.6 is 11.6 Å². The van der Waals surface area contributed by atoms with Crippen LogP contribution in [0.2, 0.25) is 5.15 Å². The van der Waals surface area contributed by atoms with E-state index in [2.05, 4.69) is 40.1 Å². The van der Waals surface area contributed by atoms with Crippen molar-refractivity contribution in [3.05, 3.63) is 41.6 Å². The zero-order chi connectivity index (χ0) is 18.5. The fraction of sp³-hybridized carbons (Fsp3) is 0.333. The largest absolute Gasteiger partial charge is 0.324 e. The van der Waals surface area contributed by atoms with Crippen molar-refractivity contribution < 1.29 is 4.52 Å². The van der Waals surface area contributed by atoms with Gasteiger partial charge in [0.2, 0.25) is 5.82 Å². The van der Waals surface area contributed by atoms with Gasteiger partial charge in [0.15, 0.2) is 0 Å². The molecule has 0 atom stereocenters. The molecule has 1 aliphatic rings. The molecule has 0 aliphatic carbocycles. The lowest BCUT2D eigenvalue weighted by molar-refractivity contribution is 0.400. The molecule has 4 aromatic rings. The van der Waals surface area contributed by atoms with Gasteiger partial charge < -0.3 is 14.0 Å². The van der Waals surface area contributed by atoms with E-state index in [-0.39, 0.29) is 6.04 Å². The van der Waals surface area contributed by atoms with Crippen molar-refractivity contribution in [1.29, 1.82) is 0 Å². The molecule has 0 saturated carbocycles. The van der Waals surface area contributed by atoms with E-state index in [9.17, 15) is 0 Å². The summed E-state index contributed by atoms with van der Waals surface area (Å²) in [4.78, 5) is 11.0. The Labute approximate surface area is 160 Å². The molecule has 3 aromatic heterocycles. The number of hydrogen-bond acceptors (Lipinski definition) is 6. The number of fused-ring (bicyclic) bond motifs is 2. The second-order valence-electron chi connectivity index (χ2n) is 6.93. The SMILES string of the molecule is CC(C)n1ncc2ccc(-c3noc(N4CCn5c(Cl)cnc5C4)n3)cc21. The molecule has 9 heteroatoms. The van der Waals surface area contributed by atoms with E-state index in [1.165, 1.54) is 0 Å². The average molecular weight is 384 g/mol. The maximum Gasteiger partial charge on any atom is 0.324 e. The summed E-state index contributed by atoms with van der Waals surface area (Å²) in [5.41, 5.74) is 1.96. The molecule has 0 fully saturated rings. The molecular formula is C18H18ClN7O. The Morgan fingerprint density at radius 3 is 2.93 bits per heavy atom. The van der Waals surface area contributed by atoms with E-state index < -0.39 is 0 Å². The minimum atomic E-state index is 0.280. The summed E-state index contributed by atoms with van der Waals surface area (Å²) < 4.78 is 9.51. The molecular weight excluding hydrogens is 366 g/mol. The highest BCUT2D eigenvalue weighted by molar-refractivity contribution is 6.29. The summed E-state index contributed by atoms with van der Waals surface area (Å²) in [5, 5.41) is 10.4. The van der Waals surface area contributed by atoms with Crippen LogP contribution in [0.4, 0.5) is 6.01 Å². The van der Waals surface area contributed by atoms with Crippen molar-refractivity contribution in [3.63, 3.8) is 0 Å². The van der Waals surface area contributed by atoms with Crippen LogP contribution in [0.15, 0.2) is 35.1 Å². The summed E-state index contributed by atoms with van der Waals surface area (Å²) in [6.45, 7) is 6.29. The van der Waals surface area contributed by atoms with Gasteiger partial charge in [0, 0.05) is 30.1 Å². The first kappa shape index (κ1) is 16.3. The zero-order valence-electron chi connectivity index (χ0n) is 15.0. The van der Waals surface area contributed by atoms with Crippen LogP contribution in [0.1, 0.15) is 25.7 Å². The van der Waals surface area contributed by atoms with Gasteiger partial charge in [-0.3, -0.25) is 4.68 Å². The maximum absolute atomic E-state index is 6.13. The molecule has 1 aliphatic heterocycles. The molecule has 0 N–H and O–H groups in total. The molecule has 0 amide bonds. The highest BCUT2D eigenvalue weighted by Crippen LogP contribution is 2.27. The van der Waals surface area contributed by atoms with Gasteiger partial charge in [-0.2, -0.15) is 10.1 Å². The van der Waals surface area contributed by atoms with Crippen LogP contribution in [0.5, 0.6) is 0 Å². The van der Waals surface area contributed by atoms with E-state index in [1.807, 2.05) is 32.5 Å². The van der Waals surface area contributed by atoms with Gasteiger partial charge in [-0.1, -0.05) is 28.9 Å². The third kappa shape index (κ3) is 2.68. The molecule has 0 saturated heterocycles. The van der Waals surface area contributed by atoms with Crippen LogP contribution < -0.4 is 4.90 Å². The summed E-state index contributed by atoms with van der Waals surface area (Å²) in [7, 11) is 0. The fourth-order valence-electron chi connectivity index (χ4n) is 3.44. The summed E-state index contributed by atoms with van der Waals surface area (Å²) in [5.74, 6) is 1.46. The Kier molecular flexibility index (Phi) is 3.68. The summed E-state index contributed by atoms with van der Waals surface area (Å²) in [6, 6.07) is 6.85. The number of anilines is 1. The lowest BCUT2D eigenvalue weighted by Gasteiger charge is -2.25. The molecule has 0 bridgehead atoms. The molecule has 27 heavy (non-hydrogen) atoms. The van der Waals surface area contributed by atoms with Gasteiger partial charge in [-0.25, -0.2) is 4.98 Å². The molecule has 5 rings (SSSR count). The normalized spacial score (nSPS) is 14.3. The van der Waals surface area contributed by atoms with Crippen molar-refractivity contribution in [2.24, 2.45) is 0 Å². The lowest BCUT2D eigenvalue weighted by Crippen LogP contribution is -2.34. The third-order valence-corrected chi connectivity index (χ3v) is 5.15. The smallest absolute Gasteiger partial charge is 0.316 e. The molecule has 4 heterocycles. The van der Waals surface area contributed by atoms with E-state index in [0.29, 0.717) is 23.5 Å². The van der Waals surface area contributed by atoms with Gasteiger partial charge in [-0.05, 0) is 19.9 Å². The van der Waals surface area contributed by atoms with E-state index in [0.717, 1.165) is 35.4 Å². The van der Waals surface area contributed by atoms with Crippen LogP contribution in [0, 0.1) is 0 Å². The van der Waals surface area contributed by atoms with Crippen LogP contribution in [-0.4, -0.2) is 36.0 Å².